The molecule has 1 amide bonds. The number of nitrogens with zero attached hydrogens (tertiary/aromatic N) is 3. The standard InChI is InChI=1S/C18H19BrF3N3O4/c1-17(2,3)29-16(26)25-9-6-10(25)8-24(7-9)15-23-13-12(28-18(20,21)22)5-4-11(19)14(13)27-15/h4-5,9-10H,6-8H2,1-3H3. The predicted octanol–water partition coefficient (Wildman–Crippen LogP) is 4.69. The fraction of sp³-hybridized carbons (Fsp3) is 0.556. The molecule has 3 saturated heterocycles. The summed E-state index contributed by atoms with van der Waals surface area (Å²) in [7, 11) is 0. The number of hydrogen-bond acceptors (Lipinski definition) is 6. The van der Waals surface area contributed by atoms with Gasteiger partial charge in [0.15, 0.2) is 16.8 Å². The van der Waals surface area contributed by atoms with Crippen LogP contribution in [0.4, 0.5) is 24.0 Å². The third-order valence-corrected chi connectivity index (χ3v) is 5.37. The monoisotopic (exact) mass is 477 g/mol. The molecule has 2 aromatic rings. The van der Waals surface area contributed by atoms with Crippen LogP contribution in [0.5, 0.6) is 5.75 Å². The molecule has 11 heteroatoms. The summed E-state index contributed by atoms with van der Waals surface area (Å²) < 4.78 is 53.7. The van der Waals surface area contributed by atoms with E-state index in [1.807, 2.05) is 25.7 Å². The van der Waals surface area contributed by atoms with Crippen LogP contribution in [0.1, 0.15) is 27.2 Å². The third kappa shape index (κ3) is 3.96. The van der Waals surface area contributed by atoms with Crippen LogP contribution in [0.25, 0.3) is 11.1 Å². The van der Waals surface area contributed by atoms with E-state index in [-0.39, 0.29) is 35.3 Å². The molecule has 4 heterocycles. The van der Waals surface area contributed by atoms with Crippen LogP contribution in [-0.4, -0.2) is 53.1 Å². The van der Waals surface area contributed by atoms with Crippen LogP contribution < -0.4 is 9.64 Å². The molecule has 1 aromatic heterocycles. The first-order chi connectivity index (χ1) is 13.4. The van der Waals surface area contributed by atoms with E-state index in [4.69, 9.17) is 9.15 Å². The summed E-state index contributed by atoms with van der Waals surface area (Å²) in [5.74, 6) is -0.428. The van der Waals surface area contributed by atoms with Crippen molar-refractivity contribution in [1.82, 2.24) is 9.88 Å². The average Bonchev–Trinajstić information content (AvgIpc) is 3.01. The minimum atomic E-state index is -4.83. The van der Waals surface area contributed by atoms with Crippen molar-refractivity contribution in [1.29, 1.82) is 0 Å². The SMILES string of the molecule is CC(C)(C)OC(=O)N1C2CC1CN(c1nc3c(OC(F)(F)F)ccc(Br)c3o1)C2. The van der Waals surface area contributed by atoms with Crippen molar-refractivity contribution in [3.63, 3.8) is 0 Å². The van der Waals surface area contributed by atoms with E-state index in [1.165, 1.54) is 12.1 Å². The maximum Gasteiger partial charge on any atom is 0.573 e. The Morgan fingerprint density at radius 3 is 2.48 bits per heavy atom. The number of rotatable bonds is 2. The number of amides is 1. The number of aromatic nitrogens is 1. The zero-order valence-corrected chi connectivity index (χ0v) is 17.5. The van der Waals surface area contributed by atoms with E-state index in [2.05, 4.69) is 25.7 Å². The van der Waals surface area contributed by atoms with E-state index in [0.29, 0.717) is 17.6 Å². The highest BCUT2D eigenvalue weighted by Gasteiger charge is 2.49. The van der Waals surface area contributed by atoms with Gasteiger partial charge in [-0.1, -0.05) is 0 Å². The van der Waals surface area contributed by atoms with Gasteiger partial charge in [-0.2, -0.15) is 4.98 Å². The maximum absolute atomic E-state index is 12.7. The van der Waals surface area contributed by atoms with Crippen molar-refractivity contribution in [3.05, 3.63) is 16.6 Å². The van der Waals surface area contributed by atoms with Gasteiger partial charge in [0.05, 0.1) is 16.6 Å². The Morgan fingerprint density at radius 2 is 1.90 bits per heavy atom. The fourth-order valence-electron chi connectivity index (χ4n) is 3.66. The zero-order valence-electron chi connectivity index (χ0n) is 15.9. The number of alkyl halides is 3. The van der Waals surface area contributed by atoms with Gasteiger partial charge in [-0.25, -0.2) is 4.79 Å². The summed E-state index contributed by atoms with van der Waals surface area (Å²) in [6, 6.07) is 2.67. The molecule has 5 rings (SSSR count). The summed E-state index contributed by atoms with van der Waals surface area (Å²) >= 11 is 3.27. The van der Waals surface area contributed by atoms with Gasteiger partial charge in [-0.05, 0) is 55.3 Å². The van der Waals surface area contributed by atoms with Crippen molar-refractivity contribution < 1.29 is 31.9 Å². The molecular weight excluding hydrogens is 459 g/mol. The molecule has 1 aromatic carbocycles. The largest absolute Gasteiger partial charge is 0.573 e. The van der Waals surface area contributed by atoms with Gasteiger partial charge in [0.25, 0.3) is 6.01 Å². The lowest BCUT2D eigenvalue weighted by atomic mass is 9.88. The highest BCUT2D eigenvalue weighted by Crippen LogP contribution is 2.40. The lowest BCUT2D eigenvalue weighted by Gasteiger charge is -2.55. The van der Waals surface area contributed by atoms with Gasteiger partial charge in [-0.15, -0.1) is 13.2 Å². The molecule has 3 aliphatic heterocycles. The van der Waals surface area contributed by atoms with Crippen molar-refractivity contribution in [3.8, 4) is 5.75 Å². The number of halogens is 4. The van der Waals surface area contributed by atoms with Gasteiger partial charge in [0.2, 0.25) is 0 Å². The Labute approximate surface area is 172 Å². The Bertz CT molecular complexity index is 944. The van der Waals surface area contributed by atoms with Crippen molar-refractivity contribution in [2.45, 2.75) is 51.2 Å². The topological polar surface area (TPSA) is 68.0 Å². The minimum absolute atomic E-state index is 0.0186. The van der Waals surface area contributed by atoms with Crippen LogP contribution in [0, 0.1) is 0 Å². The van der Waals surface area contributed by atoms with Gasteiger partial charge in [-0.3, -0.25) is 4.90 Å². The average molecular weight is 478 g/mol. The van der Waals surface area contributed by atoms with E-state index >= 15 is 0 Å². The van der Waals surface area contributed by atoms with E-state index in [0.717, 1.165) is 6.42 Å². The Morgan fingerprint density at radius 1 is 1.24 bits per heavy atom. The van der Waals surface area contributed by atoms with E-state index in [1.54, 1.807) is 4.90 Å². The molecule has 0 N–H and O–H groups in total. The van der Waals surface area contributed by atoms with Crippen LogP contribution in [0.2, 0.25) is 0 Å². The van der Waals surface area contributed by atoms with Crippen molar-refractivity contribution in [2.24, 2.45) is 0 Å². The minimum Gasteiger partial charge on any atom is -0.444 e. The zero-order chi connectivity index (χ0) is 21.1. The lowest BCUT2D eigenvalue weighted by molar-refractivity contribution is -0.274. The molecular formula is C18H19BrF3N3O4. The summed E-state index contributed by atoms with van der Waals surface area (Å²) in [5, 5.41) is 0. The van der Waals surface area contributed by atoms with Gasteiger partial charge < -0.3 is 18.8 Å². The summed E-state index contributed by atoms with van der Waals surface area (Å²) in [6.45, 7) is 6.34. The third-order valence-electron chi connectivity index (χ3n) is 4.74. The number of carbonyl (C=O) groups excluding carboxylic acids is 1. The molecule has 3 fully saturated rings. The highest BCUT2D eigenvalue weighted by atomic mass is 79.9. The molecule has 158 valence electrons. The number of carbonyl (C=O) groups is 1. The summed E-state index contributed by atoms with van der Waals surface area (Å²) in [6.07, 6.45) is -4.36. The second kappa shape index (κ2) is 6.68. The number of piperazine rings is 1. The number of oxazole rings is 1. The molecule has 2 atom stereocenters. The van der Waals surface area contributed by atoms with Crippen LogP contribution in [0.3, 0.4) is 0 Å². The molecule has 0 radical (unpaired) electrons. The van der Waals surface area contributed by atoms with Gasteiger partial charge in [0.1, 0.15) is 5.60 Å². The molecule has 0 spiro atoms. The van der Waals surface area contributed by atoms with Crippen LogP contribution in [-0.2, 0) is 4.74 Å². The molecule has 29 heavy (non-hydrogen) atoms. The number of ether oxygens (including phenoxy) is 2. The number of fused-ring (bicyclic) bond motifs is 3. The number of hydrogen-bond donors (Lipinski definition) is 0. The molecule has 2 unspecified atom stereocenters. The van der Waals surface area contributed by atoms with Crippen molar-refractivity contribution in [2.75, 3.05) is 18.0 Å². The first-order valence-electron chi connectivity index (χ1n) is 9.02. The smallest absolute Gasteiger partial charge is 0.444 e. The van der Waals surface area contributed by atoms with E-state index in [9.17, 15) is 18.0 Å². The predicted molar refractivity (Wildman–Crippen MR) is 101 cm³/mol. The fourth-order valence-corrected chi connectivity index (χ4v) is 4.06. The van der Waals surface area contributed by atoms with Crippen LogP contribution >= 0.6 is 15.9 Å². The molecule has 3 aliphatic rings. The molecule has 0 saturated carbocycles. The summed E-state index contributed by atoms with van der Waals surface area (Å²) in [4.78, 5) is 20.1. The first-order valence-corrected chi connectivity index (χ1v) is 9.81. The number of anilines is 1. The van der Waals surface area contributed by atoms with Crippen LogP contribution in [0.15, 0.2) is 21.0 Å². The first kappa shape index (κ1) is 20.1. The molecule has 2 bridgehead atoms. The lowest BCUT2D eigenvalue weighted by Crippen LogP contribution is -2.70. The Kier molecular flexibility index (Phi) is 4.63. The quantitative estimate of drug-likeness (QED) is 0.625. The Hall–Kier alpha value is -2.17. The van der Waals surface area contributed by atoms with Crippen molar-refractivity contribution >= 4 is 39.1 Å². The summed E-state index contributed by atoms with van der Waals surface area (Å²) in [5.41, 5.74) is -0.429. The molecule has 7 nitrogen and oxygen atoms in total. The second-order valence-corrected chi connectivity index (χ2v) is 8.96. The van der Waals surface area contributed by atoms with Gasteiger partial charge in [0, 0.05) is 13.1 Å². The maximum atomic E-state index is 12.7. The second-order valence-electron chi connectivity index (χ2n) is 8.10. The van der Waals surface area contributed by atoms with E-state index < -0.39 is 17.7 Å². The van der Waals surface area contributed by atoms with Gasteiger partial charge >= 0.3 is 12.5 Å². The Balaban J connectivity index is 1.54. The molecule has 0 aliphatic carbocycles. The number of benzene rings is 1. The normalized spacial score (nSPS) is 21.9. The number of piperidine rings is 1. The highest BCUT2D eigenvalue weighted by molar-refractivity contribution is 9.10.